The molecule has 0 amide bonds. The highest BCUT2D eigenvalue weighted by Gasteiger charge is 2.43. The molecule has 234 valence electrons. The first-order chi connectivity index (χ1) is 21.5. The standard InChI is InChI=1S/C35H47N7OS/c1-27(2)40-19-21-41(22-20-40)35(15-8-16-35)26-37-18-6-9-29-13-14-31(23-28(29)3)43-25-33-38-39-34(44-32-11-4-5-12-32)42(33)30-10-7-17-36-24-30/h7,10,13-14,17,23-24,27,32,37H,4-5,8,11-12,15-16,18-22,25-26H2,1-3H3. The molecule has 0 unspecified atom stereocenters. The first kappa shape index (κ1) is 31.1. The molecule has 3 aliphatic rings. The minimum atomic E-state index is 0.329. The second kappa shape index (κ2) is 14.5. The van der Waals surface area contributed by atoms with Gasteiger partial charge in [0.15, 0.2) is 11.0 Å². The molecule has 9 heteroatoms. The Hall–Kier alpha value is -2.90. The first-order valence-electron chi connectivity index (χ1n) is 16.4. The number of hydrogen-bond donors (Lipinski definition) is 1. The molecule has 3 heterocycles. The Labute approximate surface area is 267 Å². The second-order valence-corrected chi connectivity index (χ2v) is 14.1. The summed E-state index contributed by atoms with van der Waals surface area (Å²) in [6.45, 7) is 13.5. The van der Waals surface area contributed by atoms with Gasteiger partial charge in [-0.05, 0) is 88.8 Å². The van der Waals surface area contributed by atoms with Crippen LogP contribution in [-0.4, -0.2) is 85.6 Å². The van der Waals surface area contributed by atoms with E-state index >= 15 is 0 Å². The smallest absolute Gasteiger partial charge is 0.196 e. The number of aromatic nitrogens is 4. The number of ether oxygens (including phenoxy) is 1. The van der Waals surface area contributed by atoms with Crippen molar-refractivity contribution in [3.05, 3.63) is 59.7 Å². The van der Waals surface area contributed by atoms with Gasteiger partial charge in [0, 0.05) is 61.3 Å². The highest BCUT2D eigenvalue weighted by molar-refractivity contribution is 7.99. The third-order valence-electron chi connectivity index (χ3n) is 9.63. The fourth-order valence-electron chi connectivity index (χ4n) is 6.78. The lowest BCUT2D eigenvalue weighted by atomic mass is 9.74. The summed E-state index contributed by atoms with van der Waals surface area (Å²) in [5.41, 5.74) is 3.44. The van der Waals surface area contributed by atoms with Crippen LogP contribution in [-0.2, 0) is 6.61 Å². The number of hydrogen-bond acceptors (Lipinski definition) is 8. The molecule has 3 fully saturated rings. The van der Waals surface area contributed by atoms with Crippen molar-refractivity contribution >= 4 is 11.8 Å². The van der Waals surface area contributed by atoms with Crippen molar-refractivity contribution in [3.8, 4) is 23.3 Å². The second-order valence-electron chi connectivity index (χ2n) is 12.8. The van der Waals surface area contributed by atoms with Crippen LogP contribution in [0.5, 0.6) is 5.75 Å². The number of benzene rings is 1. The highest BCUT2D eigenvalue weighted by atomic mass is 32.2. The number of nitrogens with one attached hydrogen (secondary N) is 1. The van der Waals surface area contributed by atoms with E-state index in [1.54, 1.807) is 6.20 Å². The molecule has 1 aromatic carbocycles. The Kier molecular flexibility index (Phi) is 10.2. The maximum atomic E-state index is 6.23. The zero-order valence-electron chi connectivity index (χ0n) is 26.6. The van der Waals surface area contributed by atoms with Crippen LogP contribution < -0.4 is 10.1 Å². The minimum Gasteiger partial charge on any atom is -0.486 e. The SMILES string of the molecule is Cc1cc(OCc2nnc(SC3CCCC3)n2-c2cccnc2)ccc1C#CCNCC1(N2CCN(C(C)C)CC2)CCC1. The monoisotopic (exact) mass is 613 g/mol. The summed E-state index contributed by atoms with van der Waals surface area (Å²) < 4.78 is 8.32. The predicted octanol–water partition coefficient (Wildman–Crippen LogP) is 5.47. The van der Waals surface area contributed by atoms with Crippen molar-refractivity contribution in [1.29, 1.82) is 0 Å². The van der Waals surface area contributed by atoms with E-state index in [0.717, 1.165) is 40.1 Å². The van der Waals surface area contributed by atoms with Gasteiger partial charge in [0.05, 0.1) is 18.4 Å². The van der Waals surface area contributed by atoms with Crippen molar-refractivity contribution in [2.75, 3.05) is 39.3 Å². The zero-order valence-corrected chi connectivity index (χ0v) is 27.4. The van der Waals surface area contributed by atoms with Gasteiger partial charge in [-0.2, -0.15) is 0 Å². The number of thioether (sulfide) groups is 1. The maximum absolute atomic E-state index is 6.23. The number of piperazine rings is 1. The fourth-order valence-corrected chi connectivity index (χ4v) is 8.06. The van der Waals surface area contributed by atoms with Gasteiger partial charge in [-0.15, -0.1) is 10.2 Å². The van der Waals surface area contributed by atoms with Gasteiger partial charge < -0.3 is 10.1 Å². The van der Waals surface area contributed by atoms with E-state index in [2.05, 4.69) is 79.6 Å². The molecule has 2 aliphatic carbocycles. The van der Waals surface area contributed by atoms with Gasteiger partial charge in [0.1, 0.15) is 12.4 Å². The van der Waals surface area contributed by atoms with Crippen LogP contribution in [0.25, 0.3) is 5.69 Å². The number of aryl methyl sites for hydroxylation is 1. The van der Waals surface area contributed by atoms with Gasteiger partial charge in [-0.3, -0.25) is 19.4 Å². The maximum Gasteiger partial charge on any atom is 0.196 e. The molecule has 0 spiro atoms. The Balaban J connectivity index is 1.03. The lowest BCUT2D eigenvalue weighted by molar-refractivity contribution is -0.0228. The van der Waals surface area contributed by atoms with Gasteiger partial charge in [0.2, 0.25) is 0 Å². The Morgan fingerprint density at radius 3 is 2.57 bits per heavy atom. The lowest BCUT2D eigenvalue weighted by Crippen LogP contribution is -2.64. The van der Waals surface area contributed by atoms with Crippen molar-refractivity contribution < 1.29 is 4.74 Å². The Bertz CT molecular complexity index is 1430. The van der Waals surface area contributed by atoms with Crippen LogP contribution in [0.15, 0.2) is 47.9 Å². The predicted molar refractivity (Wildman–Crippen MR) is 177 cm³/mol. The Morgan fingerprint density at radius 2 is 1.89 bits per heavy atom. The van der Waals surface area contributed by atoms with E-state index in [1.165, 1.54) is 71.1 Å². The molecule has 44 heavy (non-hydrogen) atoms. The van der Waals surface area contributed by atoms with Crippen LogP contribution in [0.3, 0.4) is 0 Å². The third kappa shape index (κ3) is 7.31. The quantitative estimate of drug-likeness (QED) is 0.226. The minimum absolute atomic E-state index is 0.329. The number of pyridine rings is 1. The molecule has 1 saturated heterocycles. The van der Waals surface area contributed by atoms with Crippen LogP contribution in [0, 0.1) is 18.8 Å². The average molecular weight is 614 g/mol. The summed E-state index contributed by atoms with van der Waals surface area (Å²) in [7, 11) is 0. The molecule has 3 aromatic rings. The molecule has 0 atom stereocenters. The van der Waals surface area contributed by atoms with Crippen molar-refractivity contribution in [3.63, 3.8) is 0 Å². The van der Waals surface area contributed by atoms with Crippen LogP contribution in [0.1, 0.15) is 75.7 Å². The molecule has 1 aliphatic heterocycles. The molecule has 0 radical (unpaired) electrons. The summed E-state index contributed by atoms with van der Waals surface area (Å²) in [5, 5.41) is 14.2. The van der Waals surface area contributed by atoms with Crippen molar-refractivity contribution in [1.82, 2.24) is 34.9 Å². The summed E-state index contributed by atoms with van der Waals surface area (Å²) in [4.78, 5) is 9.67. The molecule has 6 rings (SSSR count). The van der Waals surface area contributed by atoms with E-state index in [0.29, 0.717) is 30.0 Å². The van der Waals surface area contributed by atoms with Gasteiger partial charge in [-0.25, -0.2) is 0 Å². The summed E-state index contributed by atoms with van der Waals surface area (Å²) in [6, 6.07) is 10.8. The van der Waals surface area contributed by atoms with E-state index < -0.39 is 0 Å². The average Bonchev–Trinajstić information content (AvgIpc) is 3.68. The fraction of sp³-hybridized carbons (Fsp3) is 0.571. The van der Waals surface area contributed by atoms with Gasteiger partial charge in [-0.1, -0.05) is 36.4 Å². The summed E-state index contributed by atoms with van der Waals surface area (Å²) in [6.07, 6.45) is 12.6. The zero-order chi connectivity index (χ0) is 30.4. The normalized spacial score (nSPS) is 19.1. The van der Waals surface area contributed by atoms with E-state index in [4.69, 9.17) is 4.74 Å². The van der Waals surface area contributed by atoms with E-state index in [-0.39, 0.29) is 0 Å². The van der Waals surface area contributed by atoms with Crippen LogP contribution >= 0.6 is 11.8 Å². The Morgan fingerprint density at radius 1 is 1.07 bits per heavy atom. The van der Waals surface area contributed by atoms with Crippen molar-refractivity contribution in [2.24, 2.45) is 0 Å². The van der Waals surface area contributed by atoms with Crippen LogP contribution in [0.4, 0.5) is 0 Å². The van der Waals surface area contributed by atoms with E-state index in [1.807, 2.05) is 36.2 Å². The molecule has 1 N–H and O–H groups in total. The van der Waals surface area contributed by atoms with Gasteiger partial charge in [0.25, 0.3) is 0 Å². The van der Waals surface area contributed by atoms with E-state index in [9.17, 15) is 0 Å². The molecule has 2 saturated carbocycles. The topological polar surface area (TPSA) is 71.3 Å². The van der Waals surface area contributed by atoms with Crippen molar-refractivity contribution in [2.45, 2.75) is 94.3 Å². The van der Waals surface area contributed by atoms with Crippen LogP contribution in [0.2, 0.25) is 0 Å². The molecule has 2 aromatic heterocycles. The number of nitrogens with zero attached hydrogens (tertiary/aromatic N) is 6. The summed E-state index contributed by atoms with van der Waals surface area (Å²) in [5.74, 6) is 8.32. The number of rotatable bonds is 11. The molecule has 0 bridgehead atoms. The molecule has 8 nitrogen and oxygen atoms in total. The lowest BCUT2D eigenvalue weighted by Gasteiger charge is -2.53. The first-order valence-corrected chi connectivity index (χ1v) is 17.3. The largest absolute Gasteiger partial charge is 0.486 e. The molecular weight excluding hydrogens is 567 g/mol. The summed E-state index contributed by atoms with van der Waals surface area (Å²) >= 11 is 1.83. The van der Waals surface area contributed by atoms with Gasteiger partial charge >= 0.3 is 0 Å². The highest BCUT2D eigenvalue weighted by Crippen LogP contribution is 2.38. The molecular formula is C35H47N7OS. The third-order valence-corrected chi connectivity index (χ3v) is 10.9.